The van der Waals surface area contributed by atoms with Crippen molar-refractivity contribution in [3.63, 3.8) is 0 Å². The molecule has 3 aromatic rings. The maximum absolute atomic E-state index is 6.25. The van der Waals surface area contributed by atoms with Crippen LogP contribution in [0.15, 0.2) is 72.8 Å². The number of halogens is 2. The Morgan fingerprint density at radius 1 is 0.739 bits per heavy atom. The molecular formula is C18H14Cl2NOP. The summed E-state index contributed by atoms with van der Waals surface area (Å²) in [4.78, 5) is 0. The molecule has 23 heavy (non-hydrogen) atoms. The van der Waals surface area contributed by atoms with Crippen molar-refractivity contribution in [1.82, 2.24) is 0 Å². The quantitative estimate of drug-likeness (QED) is 0.524. The van der Waals surface area contributed by atoms with E-state index in [2.05, 4.69) is 0 Å². The van der Waals surface area contributed by atoms with Gasteiger partial charge >= 0.3 is 0 Å². The molecule has 0 atom stereocenters. The molecule has 0 radical (unpaired) electrons. The Hall–Kier alpha value is -1.73. The second kappa shape index (κ2) is 7.23. The summed E-state index contributed by atoms with van der Waals surface area (Å²) in [5.41, 5.74) is 6.51. The van der Waals surface area contributed by atoms with E-state index in [0.29, 0.717) is 15.7 Å². The van der Waals surface area contributed by atoms with Crippen molar-refractivity contribution in [2.24, 2.45) is 0 Å². The molecule has 0 spiro atoms. The number of benzene rings is 3. The van der Waals surface area contributed by atoms with Crippen molar-refractivity contribution < 1.29 is 4.52 Å². The third kappa shape index (κ3) is 4.17. The zero-order chi connectivity index (χ0) is 16.2. The second-order valence-electron chi connectivity index (χ2n) is 4.91. The van der Waals surface area contributed by atoms with Crippen LogP contribution >= 0.6 is 31.4 Å². The van der Waals surface area contributed by atoms with E-state index in [0.717, 1.165) is 16.4 Å². The molecule has 0 heterocycles. The molecular weight excluding hydrogens is 348 g/mol. The predicted octanol–water partition coefficient (Wildman–Crippen LogP) is 5.00. The summed E-state index contributed by atoms with van der Waals surface area (Å²) in [6.45, 7) is 0. The Morgan fingerprint density at radius 3 is 1.74 bits per heavy atom. The summed E-state index contributed by atoms with van der Waals surface area (Å²) in [7, 11) is -1.04. The third-order valence-corrected chi connectivity index (χ3v) is 5.61. The topological polar surface area (TPSA) is 35.2 Å². The largest absolute Gasteiger partial charge is 0.464 e. The Morgan fingerprint density at radius 2 is 1.26 bits per heavy atom. The molecule has 5 heteroatoms. The van der Waals surface area contributed by atoms with Crippen LogP contribution in [0.2, 0.25) is 10.0 Å². The minimum atomic E-state index is -1.04. The molecule has 2 N–H and O–H groups in total. The minimum absolute atomic E-state index is 0.671. The van der Waals surface area contributed by atoms with E-state index >= 15 is 0 Å². The summed E-state index contributed by atoms with van der Waals surface area (Å²) >= 11 is 12.0. The highest BCUT2D eigenvalue weighted by atomic mass is 35.5. The van der Waals surface area contributed by atoms with E-state index in [-0.39, 0.29) is 0 Å². The fourth-order valence-corrected chi connectivity index (χ4v) is 4.01. The minimum Gasteiger partial charge on any atom is -0.464 e. The highest BCUT2D eigenvalue weighted by Gasteiger charge is 2.17. The summed E-state index contributed by atoms with van der Waals surface area (Å²) in [6, 6.07) is 22.8. The van der Waals surface area contributed by atoms with Crippen LogP contribution in [-0.2, 0) is 0 Å². The predicted molar refractivity (Wildman–Crippen MR) is 101 cm³/mol. The maximum Gasteiger partial charge on any atom is 0.150 e. The van der Waals surface area contributed by atoms with Crippen molar-refractivity contribution in [2.75, 3.05) is 5.73 Å². The fourth-order valence-electron chi connectivity index (χ4n) is 2.08. The van der Waals surface area contributed by atoms with Crippen molar-refractivity contribution >= 4 is 47.6 Å². The number of nitrogen functional groups attached to an aromatic ring is 1. The average molecular weight is 362 g/mol. The van der Waals surface area contributed by atoms with E-state index in [1.807, 2.05) is 72.8 Å². The summed E-state index contributed by atoms with van der Waals surface area (Å²) in [5.74, 6) is 0.737. The molecule has 3 rings (SSSR count). The van der Waals surface area contributed by atoms with Crippen molar-refractivity contribution in [3.8, 4) is 5.75 Å². The number of rotatable bonds is 4. The zero-order valence-corrected chi connectivity index (χ0v) is 14.5. The van der Waals surface area contributed by atoms with Gasteiger partial charge in [-0.3, -0.25) is 0 Å². The molecule has 0 aromatic heterocycles. The lowest BCUT2D eigenvalue weighted by Crippen LogP contribution is -2.15. The summed E-state index contributed by atoms with van der Waals surface area (Å²) in [6.07, 6.45) is 0. The molecule has 0 bridgehead atoms. The Bertz CT molecular complexity index is 745. The van der Waals surface area contributed by atoms with E-state index in [4.69, 9.17) is 33.5 Å². The van der Waals surface area contributed by atoms with Crippen LogP contribution in [0.5, 0.6) is 5.75 Å². The normalized spacial score (nSPS) is 10.7. The lowest BCUT2D eigenvalue weighted by atomic mass is 10.3. The Kier molecular flexibility index (Phi) is 5.07. The number of anilines is 1. The molecule has 0 amide bonds. The van der Waals surface area contributed by atoms with Gasteiger partial charge in [-0.2, -0.15) is 0 Å². The van der Waals surface area contributed by atoms with Gasteiger partial charge in [0.2, 0.25) is 0 Å². The smallest absolute Gasteiger partial charge is 0.150 e. The van der Waals surface area contributed by atoms with Gasteiger partial charge in [0.25, 0.3) is 0 Å². The molecule has 2 nitrogen and oxygen atoms in total. The van der Waals surface area contributed by atoms with Crippen LogP contribution in [-0.4, -0.2) is 0 Å². The van der Waals surface area contributed by atoms with Gasteiger partial charge in [0.15, 0.2) is 8.15 Å². The van der Waals surface area contributed by atoms with Crippen LogP contribution in [0.25, 0.3) is 0 Å². The highest BCUT2D eigenvalue weighted by Crippen LogP contribution is 2.37. The second-order valence-corrected chi connectivity index (χ2v) is 7.59. The van der Waals surface area contributed by atoms with Crippen molar-refractivity contribution in [1.29, 1.82) is 0 Å². The van der Waals surface area contributed by atoms with Crippen LogP contribution in [0.4, 0.5) is 5.69 Å². The van der Waals surface area contributed by atoms with E-state index in [9.17, 15) is 0 Å². The van der Waals surface area contributed by atoms with Crippen LogP contribution < -0.4 is 20.9 Å². The van der Waals surface area contributed by atoms with Crippen LogP contribution in [0.1, 0.15) is 0 Å². The number of hydrogen-bond acceptors (Lipinski definition) is 2. The summed E-state index contributed by atoms with van der Waals surface area (Å²) in [5, 5.41) is 3.52. The van der Waals surface area contributed by atoms with Gasteiger partial charge in [-0.15, -0.1) is 0 Å². The standard InChI is InChI=1S/C18H14Cl2NOP/c19-13-4-8-17(9-5-13)23(18-10-6-14(20)7-11-18)22-16-3-1-2-15(21)12-16/h1-12H,21H2. The molecule has 0 saturated carbocycles. The monoisotopic (exact) mass is 361 g/mol. The van der Waals surface area contributed by atoms with Crippen LogP contribution in [0.3, 0.4) is 0 Å². The first-order valence-electron chi connectivity index (χ1n) is 6.96. The first kappa shape index (κ1) is 16.1. The SMILES string of the molecule is Nc1cccc(OP(c2ccc(Cl)cc2)c2ccc(Cl)cc2)c1. The highest BCUT2D eigenvalue weighted by molar-refractivity contribution is 7.68. The molecule has 0 aliphatic carbocycles. The molecule has 0 fully saturated rings. The van der Waals surface area contributed by atoms with Gasteiger partial charge < -0.3 is 10.3 Å². The maximum atomic E-state index is 6.25. The van der Waals surface area contributed by atoms with Gasteiger partial charge in [-0.05, 0) is 60.7 Å². The molecule has 3 aromatic carbocycles. The summed E-state index contributed by atoms with van der Waals surface area (Å²) < 4.78 is 6.25. The molecule has 116 valence electrons. The van der Waals surface area contributed by atoms with Gasteiger partial charge in [0.05, 0.1) is 0 Å². The number of hydrogen-bond donors (Lipinski definition) is 1. The van der Waals surface area contributed by atoms with E-state index in [1.54, 1.807) is 0 Å². The van der Waals surface area contributed by atoms with Gasteiger partial charge in [-0.1, -0.05) is 29.3 Å². The third-order valence-electron chi connectivity index (χ3n) is 3.18. The molecule has 0 saturated heterocycles. The van der Waals surface area contributed by atoms with E-state index < -0.39 is 8.15 Å². The lowest BCUT2D eigenvalue weighted by molar-refractivity contribution is 0.630. The lowest BCUT2D eigenvalue weighted by Gasteiger charge is -2.19. The van der Waals surface area contributed by atoms with Crippen molar-refractivity contribution in [3.05, 3.63) is 82.8 Å². The van der Waals surface area contributed by atoms with Gasteiger partial charge in [-0.25, -0.2) is 0 Å². The Labute approximate surface area is 146 Å². The van der Waals surface area contributed by atoms with Gasteiger partial charge in [0, 0.05) is 32.4 Å². The first-order chi connectivity index (χ1) is 11.1. The zero-order valence-electron chi connectivity index (χ0n) is 12.1. The van der Waals surface area contributed by atoms with Crippen LogP contribution in [0, 0.1) is 0 Å². The van der Waals surface area contributed by atoms with Crippen molar-refractivity contribution in [2.45, 2.75) is 0 Å². The van der Waals surface area contributed by atoms with Gasteiger partial charge in [0.1, 0.15) is 5.75 Å². The molecule has 0 unspecified atom stereocenters. The molecule has 0 aliphatic heterocycles. The van der Waals surface area contributed by atoms with E-state index in [1.165, 1.54) is 0 Å². The Balaban J connectivity index is 1.98. The first-order valence-corrected chi connectivity index (χ1v) is 8.98. The fraction of sp³-hybridized carbons (Fsp3) is 0. The average Bonchev–Trinajstić information content (AvgIpc) is 2.55. The number of nitrogens with two attached hydrogens (primary N) is 1. The molecule has 0 aliphatic rings.